The maximum absolute atomic E-state index is 12.0. The highest BCUT2D eigenvalue weighted by Crippen LogP contribution is 2.15. The number of halogens is 1. The summed E-state index contributed by atoms with van der Waals surface area (Å²) in [4.78, 5) is 23.7. The van der Waals surface area contributed by atoms with Crippen molar-refractivity contribution in [2.75, 3.05) is 13.6 Å². The molecule has 0 aliphatic rings. The van der Waals surface area contributed by atoms with Gasteiger partial charge in [-0.1, -0.05) is 22.0 Å². The number of hydrogen-bond donors (Lipinski definition) is 2. The molecule has 0 saturated carbocycles. The highest BCUT2D eigenvalue weighted by molar-refractivity contribution is 9.10. The van der Waals surface area contributed by atoms with Gasteiger partial charge in [-0.3, -0.25) is 4.79 Å². The monoisotopic (exact) mass is 392 g/mol. The summed E-state index contributed by atoms with van der Waals surface area (Å²) in [6.45, 7) is 1.27. The number of benzene rings is 1. The molecule has 7 nitrogen and oxygen atoms in total. The molecule has 0 bridgehead atoms. The van der Waals surface area contributed by atoms with Gasteiger partial charge in [0, 0.05) is 24.5 Å². The van der Waals surface area contributed by atoms with Crippen molar-refractivity contribution in [3.63, 3.8) is 0 Å². The lowest BCUT2D eigenvalue weighted by atomic mass is 10.2. The number of nitrogens with zero attached hydrogens (tertiary/aromatic N) is 1. The average Bonchev–Trinajstić information content (AvgIpc) is 2.45. The Bertz CT molecular complexity index is 662. The van der Waals surface area contributed by atoms with Crippen LogP contribution in [0.5, 0.6) is 0 Å². The molecule has 1 aromatic rings. The van der Waals surface area contributed by atoms with Gasteiger partial charge in [-0.15, -0.1) is 0 Å². The molecule has 22 heavy (non-hydrogen) atoms. The predicted molar refractivity (Wildman–Crippen MR) is 83.8 cm³/mol. The third kappa shape index (κ3) is 5.08. The normalized spacial score (nSPS) is 12.7. The molecule has 1 aromatic carbocycles. The molecule has 1 atom stereocenters. The number of carboxylic acids is 1. The Labute approximate surface area is 137 Å². The Balaban J connectivity index is 2.60. The van der Waals surface area contributed by atoms with Gasteiger partial charge in [0.15, 0.2) is 0 Å². The second-order valence-corrected chi connectivity index (χ2v) is 7.31. The van der Waals surface area contributed by atoms with Gasteiger partial charge in [0.25, 0.3) is 0 Å². The minimum Gasteiger partial charge on any atom is -0.480 e. The van der Waals surface area contributed by atoms with Crippen LogP contribution < -0.4 is 4.72 Å². The molecule has 2 N–H and O–H groups in total. The van der Waals surface area contributed by atoms with Crippen LogP contribution in [0, 0.1) is 0 Å². The molecule has 1 rings (SSSR count). The zero-order chi connectivity index (χ0) is 16.9. The smallest absolute Gasteiger partial charge is 0.326 e. The van der Waals surface area contributed by atoms with Crippen molar-refractivity contribution in [3.8, 4) is 0 Å². The number of aliphatic carboxylic acids is 1. The highest BCUT2D eigenvalue weighted by atomic mass is 79.9. The van der Waals surface area contributed by atoms with Crippen LogP contribution in [-0.2, 0) is 19.6 Å². The van der Waals surface area contributed by atoms with E-state index in [4.69, 9.17) is 5.11 Å². The fourth-order valence-corrected chi connectivity index (χ4v) is 3.20. The summed E-state index contributed by atoms with van der Waals surface area (Å²) in [5.41, 5.74) is 0. The molecule has 1 unspecified atom stereocenters. The van der Waals surface area contributed by atoms with Crippen molar-refractivity contribution in [1.29, 1.82) is 0 Å². The van der Waals surface area contributed by atoms with Gasteiger partial charge >= 0.3 is 5.97 Å². The number of carbonyl (C=O) groups excluding carboxylic acids is 1. The number of carboxylic acid groups (broad SMARTS) is 1. The first-order valence-electron chi connectivity index (χ1n) is 6.39. The van der Waals surface area contributed by atoms with Crippen molar-refractivity contribution < 1.29 is 23.1 Å². The standard InChI is InChI=1S/C13H17BrN2O5S/c1-9(13(18)19)16(2)12(17)6-7-15-22(20,21)11-5-3-4-10(14)8-11/h3-5,8-9,15H,6-7H2,1-2H3,(H,18,19). The quantitative estimate of drug-likeness (QED) is 0.721. The molecule has 0 spiro atoms. The number of sulfonamides is 1. The van der Waals surface area contributed by atoms with E-state index < -0.39 is 27.9 Å². The van der Waals surface area contributed by atoms with Crippen LogP contribution in [-0.4, -0.2) is 49.9 Å². The highest BCUT2D eigenvalue weighted by Gasteiger charge is 2.22. The fraction of sp³-hybridized carbons (Fsp3) is 0.385. The fourth-order valence-electron chi connectivity index (χ4n) is 1.57. The third-order valence-corrected chi connectivity index (χ3v) is 5.02. The lowest BCUT2D eigenvalue weighted by Gasteiger charge is -2.21. The van der Waals surface area contributed by atoms with E-state index in [1.165, 1.54) is 26.1 Å². The predicted octanol–water partition coefficient (Wildman–Crippen LogP) is 1.05. The molecule has 0 saturated heterocycles. The topological polar surface area (TPSA) is 104 Å². The van der Waals surface area contributed by atoms with Gasteiger partial charge < -0.3 is 10.0 Å². The molecule has 0 aliphatic heterocycles. The zero-order valence-corrected chi connectivity index (χ0v) is 14.5. The first-order chi connectivity index (χ1) is 10.1. The molecule has 0 radical (unpaired) electrons. The summed E-state index contributed by atoms with van der Waals surface area (Å²) in [6.07, 6.45) is -0.124. The molecule has 1 amide bonds. The summed E-state index contributed by atoms with van der Waals surface area (Å²) in [5.74, 6) is -1.57. The van der Waals surface area contributed by atoms with E-state index >= 15 is 0 Å². The van der Waals surface area contributed by atoms with E-state index in [-0.39, 0.29) is 17.9 Å². The maximum atomic E-state index is 12.0. The lowest BCUT2D eigenvalue weighted by molar-refractivity contribution is -0.148. The molecular formula is C13H17BrN2O5S. The zero-order valence-electron chi connectivity index (χ0n) is 12.1. The Kier molecular flexibility index (Phi) is 6.51. The summed E-state index contributed by atoms with van der Waals surface area (Å²) in [6, 6.07) is 5.21. The number of rotatable bonds is 7. The Morgan fingerprint density at radius 2 is 2.05 bits per heavy atom. The van der Waals surface area contributed by atoms with Crippen molar-refractivity contribution in [2.24, 2.45) is 0 Å². The minimum absolute atomic E-state index is 0.0848. The second-order valence-electron chi connectivity index (χ2n) is 4.62. The average molecular weight is 393 g/mol. The molecule has 122 valence electrons. The van der Waals surface area contributed by atoms with Crippen LogP contribution in [0.15, 0.2) is 33.6 Å². The van der Waals surface area contributed by atoms with Gasteiger partial charge in [0.1, 0.15) is 6.04 Å². The SMILES string of the molecule is CC(C(=O)O)N(C)C(=O)CCNS(=O)(=O)c1cccc(Br)c1. The summed E-state index contributed by atoms with van der Waals surface area (Å²) < 4.78 is 27.0. The van der Waals surface area contributed by atoms with Gasteiger partial charge in [0.2, 0.25) is 15.9 Å². The van der Waals surface area contributed by atoms with Crippen LogP contribution in [0.4, 0.5) is 0 Å². The van der Waals surface area contributed by atoms with E-state index in [0.717, 1.165) is 4.90 Å². The number of carbonyl (C=O) groups is 2. The third-order valence-electron chi connectivity index (χ3n) is 3.07. The van der Waals surface area contributed by atoms with Gasteiger partial charge in [-0.05, 0) is 25.1 Å². The van der Waals surface area contributed by atoms with Gasteiger partial charge in [-0.25, -0.2) is 17.9 Å². The Hall–Kier alpha value is -1.45. The lowest BCUT2D eigenvalue weighted by Crippen LogP contribution is -2.41. The summed E-state index contributed by atoms with van der Waals surface area (Å²) >= 11 is 3.19. The summed E-state index contributed by atoms with van der Waals surface area (Å²) in [5, 5.41) is 8.82. The van der Waals surface area contributed by atoms with Crippen LogP contribution >= 0.6 is 15.9 Å². The van der Waals surface area contributed by atoms with Crippen LogP contribution in [0.1, 0.15) is 13.3 Å². The van der Waals surface area contributed by atoms with Gasteiger partial charge in [-0.2, -0.15) is 0 Å². The molecule has 9 heteroatoms. The van der Waals surface area contributed by atoms with E-state index in [9.17, 15) is 18.0 Å². The maximum Gasteiger partial charge on any atom is 0.326 e. The molecule has 0 fully saturated rings. The Morgan fingerprint density at radius 3 is 2.59 bits per heavy atom. The van der Waals surface area contributed by atoms with Gasteiger partial charge in [0.05, 0.1) is 4.90 Å². The van der Waals surface area contributed by atoms with Crippen molar-refractivity contribution in [1.82, 2.24) is 9.62 Å². The van der Waals surface area contributed by atoms with E-state index in [1.54, 1.807) is 12.1 Å². The van der Waals surface area contributed by atoms with Crippen molar-refractivity contribution >= 4 is 37.8 Å². The van der Waals surface area contributed by atoms with E-state index in [1.807, 2.05) is 0 Å². The van der Waals surface area contributed by atoms with Crippen molar-refractivity contribution in [2.45, 2.75) is 24.3 Å². The first-order valence-corrected chi connectivity index (χ1v) is 8.66. The van der Waals surface area contributed by atoms with E-state index in [0.29, 0.717) is 4.47 Å². The number of likely N-dealkylation sites (N-methyl/N-ethyl adjacent to an activating group) is 1. The molecule has 0 heterocycles. The van der Waals surface area contributed by atoms with E-state index in [2.05, 4.69) is 20.7 Å². The van der Waals surface area contributed by atoms with Crippen LogP contribution in [0.25, 0.3) is 0 Å². The Morgan fingerprint density at radius 1 is 1.41 bits per heavy atom. The van der Waals surface area contributed by atoms with Crippen molar-refractivity contribution in [3.05, 3.63) is 28.7 Å². The van der Waals surface area contributed by atoms with Crippen LogP contribution in [0.3, 0.4) is 0 Å². The molecule has 0 aromatic heterocycles. The number of nitrogens with one attached hydrogen (secondary N) is 1. The second kappa shape index (κ2) is 7.70. The molecular weight excluding hydrogens is 376 g/mol. The minimum atomic E-state index is -3.71. The summed E-state index contributed by atoms with van der Waals surface area (Å²) in [7, 11) is -2.34. The van der Waals surface area contributed by atoms with Crippen LogP contribution in [0.2, 0.25) is 0 Å². The largest absolute Gasteiger partial charge is 0.480 e. The first kappa shape index (κ1) is 18.6. The number of amides is 1. The molecule has 0 aliphatic carbocycles. The number of hydrogen-bond acceptors (Lipinski definition) is 4.